The molecule has 22 heavy (non-hydrogen) atoms. The number of nitrogens with zero attached hydrogens (tertiary/aromatic N) is 2. The summed E-state index contributed by atoms with van der Waals surface area (Å²) in [5.41, 5.74) is 0.607. The predicted molar refractivity (Wildman–Crippen MR) is 85.6 cm³/mol. The quantitative estimate of drug-likeness (QED) is 0.897. The number of amides is 1. The van der Waals surface area contributed by atoms with Gasteiger partial charge in [0.1, 0.15) is 5.60 Å². The molecule has 1 amide bonds. The van der Waals surface area contributed by atoms with E-state index in [1.807, 2.05) is 31.7 Å². The fraction of sp³-hybridized carbons (Fsp3) is 0.750. The van der Waals surface area contributed by atoms with E-state index in [4.69, 9.17) is 4.74 Å². The third-order valence-corrected chi connectivity index (χ3v) is 3.90. The SMILES string of the molecule is CC(NCC1CCCCN1C(=O)OC(C)(C)C)c1ccn[nH]1. The molecular weight excluding hydrogens is 280 g/mol. The standard InChI is InChI=1S/C16H28N4O2/c1-12(14-8-9-18-19-14)17-11-13-7-5-6-10-20(13)15(21)22-16(2,3)4/h8-9,12-13,17H,5-7,10-11H2,1-4H3,(H,18,19). The van der Waals surface area contributed by atoms with E-state index in [0.29, 0.717) is 0 Å². The molecule has 2 N–H and O–H groups in total. The van der Waals surface area contributed by atoms with Gasteiger partial charge in [0.15, 0.2) is 0 Å². The number of piperidine rings is 1. The van der Waals surface area contributed by atoms with Crippen LogP contribution in [0.25, 0.3) is 0 Å². The Kier molecular flexibility index (Phi) is 5.45. The summed E-state index contributed by atoms with van der Waals surface area (Å²) in [7, 11) is 0. The lowest BCUT2D eigenvalue weighted by Crippen LogP contribution is -2.50. The van der Waals surface area contributed by atoms with Crippen molar-refractivity contribution >= 4 is 6.09 Å². The molecule has 1 fully saturated rings. The minimum Gasteiger partial charge on any atom is -0.444 e. The number of hydrogen-bond acceptors (Lipinski definition) is 4. The summed E-state index contributed by atoms with van der Waals surface area (Å²) in [6, 6.07) is 2.34. The normalized spacial score (nSPS) is 20.7. The lowest BCUT2D eigenvalue weighted by atomic mass is 10.0. The number of aromatic amines is 1. The summed E-state index contributed by atoms with van der Waals surface area (Å²) in [5, 5.41) is 10.4. The van der Waals surface area contributed by atoms with Crippen molar-refractivity contribution in [3.05, 3.63) is 18.0 Å². The Labute approximate surface area is 132 Å². The van der Waals surface area contributed by atoms with Gasteiger partial charge in [-0.2, -0.15) is 5.10 Å². The van der Waals surface area contributed by atoms with Crippen molar-refractivity contribution in [1.82, 2.24) is 20.4 Å². The average Bonchev–Trinajstić information content (AvgIpc) is 2.97. The van der Waals surface area contributed by atoms with Gasteiger partial charge in [0.05, 0.1) is 5.69 Å². The lowest BCUT2D eigenvalue weighted by Gasteiger charge is -2.37. The van der Waals surface area contributed by atoms with Gasteiger partial charge >= 0.3 is 6.09 Å². The first-order valence-corrected chi connectivity index (χ1v) is 8.09. The van der Waals surface area contributed by atoms with Crippen LogP contribution in [0.2, 0.25) is 0 Å². The summed E-state index contributed by atoms with van der Waals surface area (Å²) >= 11 is 0. The van der Waals surface area contributed by atoms with E-state index >= 15 is 0 Å². The summed E-state index contributed by atoms with van der Waals surface area (Å²) in [5.74, 6) is 0. The molecule has 1 aromatic rings. The zero-order chi connectivity index (χ0) is 16.2. The topological polar surface area (TPSA) is 70.2 Å². The van der Waals surface area contributed by atoms with Crippen LogP contribution in [0.3, 0.4) is 0 Å². The van der Waals surface area contributed by atoms with Crippen LogP contribution in [0.15, 0.2) is 12.3 Å². The van der Waals surface area contributed by atoms with E-state index in [9.17, 15) is 4.79 Å². The minimum absolute atomic E-state index is 0.185. The van der Waals surface area contributed by atoms with Gasteiger partial charge in [-0.1, -0.05) is 0 Å². The molecule has 0 saturated carbocycles. The van der Waals surface area contributed by atoms with Crippen molar-refractivity contribution in [2.24, 2.45) is 0 Å². The van der Waals surface area contributed by atoms with Gasteiger partial charge in [0, 0.05) is 31.4 Å². The first-order valence-electron chi connectivity index (χ1n) is 8.09. The molecular formula is C16H28N4O2. The Morgan fingerprint density at radius 3 is 2.95 bits per heavy atom. The van der Waals surface area contributed by atoms with Gasteiger partial charge in [-0.15, -0.1) is 0 Å². The highest BCUT2D eigenvalue weighted by molar-refractivity contribution is 5.68. The van der Waals surface area contributed by atoms with Crippen LogP contribution in [0.1, 0.15) is 58.7 Å². The highest BCUT2D eigenvalue weighted by Crippen LogP contribution is 2.20. The van der Waals surface area contributed by atoms with Gasteiger partial charge in [0.25, 0.3) is 0 Å². The van der Waals surface area contributed by atoms with Crippen molar-refractivity contribution in [2.45, 2.75) is 64.6 Å². The molecule has 1 aliphatic heterocycles. The summed E-state index contributed by atoms with van der Waals surface area (Å²) in [6.45, 7) is 9.35. The van der Waals surface area contributed by atoms with E-state index in [1.165, 1.54) is 0 Å². The van der Waals surface area contributed by atoms with Crippen molar-refractivity contribution in [3.8, 4) is 0 Å². The van der Waals surface area contributed by atoms with Crippen molar-refractivity contribution in [2.75, 3.05) is 13.1 Å². The maximum Gasteiger partial charge on any atom is 0.410 e. The first-order chi connectivity index (χ1) is 10.4. The Hall–Kier alpha value is -1.56. The van der Waals surface area contributed by atoms with Gasteiger partial charge in [-0.05, 0) is 53.0 Å². The highest BCUT2D eigenvalue weighted by atomic mass is 16.6. The zero-order valence-electron chi connectivity index (χ0n) is 14.1. The van der Waals surface area contributed by atoms with Crippen molar-refractivity contribution < 1.29 is 9.53 Å². The van der Waals surface area contributed by atoms with Gasteiger partial charge in [0.2, 0.25) is 0 Å². The van der Waals surface area contributed by atoms with Crippen LogP contribution < -0.4 is 5.32 Å². The number of likely N-dealkylation sites (tertiary alicyclic amines) is 1. The van der Waals surface area contributed by atoms with Gasteiger partial charge in [-0.25, -0.2) is 4.79 Å². The van der Waals surface area contributed by atoms with Gasteiger partial charge in [-0.3, -0.25) is 5.10 Å². The minimum atomic E-state index is -0.449. The summed E-state index contributed by atoms with van der Waals surface area (Å²) in [4.78, 5) is 14.2. The van der Waals surface area contributed by atoms with E-state index in [1.54, 1.807) is 6.20 Å². The lowest BCUT2D eigenvalue weighted by molar-refractivity contribution is 0.00969. The average molecular weight is 308 g/mol. The molecule has 2 unspecified atom stereocenters. The van der Waals surface area contributed by atoms with Crippen LogP contribution >= 0.6 is 0 Å². The highest BCUT2D eigenvalue weighted by Gasteiger charge is 2.30. The molecule has 0 aliphatic carbocycles. The second-order valence-corrected chi connectivity index (χ2v) is 6.97. The molecule has 6 nitrogen and oxygen atoms in total. The van der Waals surface area contributed by atoms with E-state index in [2.05, 4.69) is 22.4 Å². The second kappa shape index (κ2) is 7.13. The number of H-pyrrole nitrogens is 1. The van der Waals surface area contributed by atoms with E-state index < -0.39 is 5.60 Å². The van der Waals surface area contributed by atoms with Crippen LogP contribution in [0, 0.1) is 0 Å². The molecule has 124 valence electrons. The number of ether oxygens (including phenoxy) is 1. The largest absolute Gasteiger partial charge is 0.444 e. The Morgan fingerprint density at radius 2 is 2.32 bits per heavy atom. The zero-order valence-corrected chi connectivity index (χ0v) is 14.1. The number of rotatable bonds is 4. The fourth-order valence-corrected chi connectivity index (χ4v) is 2.70. The second-order valence-electron chi connectivity index (χ2n) is 6.97. The smallest absolute Gasteiger partial charge is 0.410 e. The number of aromatic nitrogens is 2. The van der Waals surface area contributed by atoms with Crippen LogP contribution in [-0.2, 0) is 4.74 Å². The number of carbonyl (C=O) groups excluding carboxylic acids is 1. The molecule has 0 spiro atoms. The monoisotopic (exact) mass is 308 g/mol. The number of hydrogen-bond donors (Lipinski definition) is 2. The molecule has 2 atom stereocenters. The van der Waals surface area contributed by atoms with Gasteiger partial charge < -0.3 is 15.0 Å². The number of carbonyl (C=O) groups is 1. The molecule has 1 saturated heterocycles. The Bertz CT molecular complexity index is 467. The van der Waals surface area contributed by atoms with Crippen molar-refractivity contribution in [3.63, 3.8) is 0 Å². The molecule has 2 heterocycles. The maximum absolute atomic E-state index is 12.4. The first kappa shape index (κ1) is 16.8. The fourth-order valence-electron chi connectivity index (χ4n) is 2.70. The van der Waals surface area contributed by atoms with Crippen LogP contribution in [0.4, 0.5) is 4.79 Å². The molecule has 6 heteroatoms. The summed E-state index contributed by atoms with van der Waals surface area (Å²) in [6.07, 6.45) is 4.77. The van der Waals surface area contributed by atoms with E-state index in [0.717, 1.165) is 38.0 Å². The molecule has 2 rings (SSSR count). The summed E-state index contributed by atoms with van der Waals surface area (Å²) < 4.78 is 5.53. The predicted octanol–water partition coefficient (Wildman–Crippen LogP) is 2.85. The molecule has 0 radical (unpaired) electrons. The van der Waals surface area contributed by atoms with Crippen molar-refractivity contribution in [1.29, 1.82) is 0 Å². The molecule has 1 aromatic heterocycles. The molecule has 0 bridgehead atoms. The maximum atomic E-state index is 12.4. The van der Waals surface area contributed by atoms with E-state index in [-0.39, 0.29) is 18.2 Å². The number of nitrogens with one attached hydrogen (secondary N) is 2. The third-order valence-electron chi connectivity index (χ3n) is 3.90. The molecule has 1 aliphatic rings. The van der Waals surface area contributed by atoms with Crippen LogP contribution in [0.5, 0.6) is 0 Å². The Morgan fingerprint density at radius 1 is 1.55 bits per heavy atom. The Balaban J connectivity index is 1.90. The van der Waals surface area contributed by atoms with Crippen LogP contribution in [-0.4, -0.2) is 45.9 Å². The molecule has 0 aromatic carbocycles. The third kappa shape index (κ3) is 4.73.